The Kier molecular flexibility index (Phi) is 2.96. The molecule has 0 radical (unpaired) electrons. The lowest BCUT2D eigenvalue weighted by Crippen LogP contribution is -2.04. The average molecular weight is 198 g/mol. The minimum atomic E-state index is -1.18. The lowest BCUT2D eigenvalue weighted by Gasteiger charge is -2.04. The predicted molar refractivity (Wildman–Crippen MR) is 47.8 cm³/mol. The van der Waals surface area contributed by atoms with Crippen molar-refractivity contribution < 1.29 is 18.3 Å². The first-order chi connectivity index (χ1) is 6.56. The van der Waals surface area contributed by atoms with Gasteiger partial charge in [-0.05, 0) is 12.1 Å². The van der Waals surface area contributed by atoms with Crippen LogP contribution in [0.4, 0.5) is 8.78 Å². The molecule has 0 saturated carbocycles. The summed E-state index contributed by atoms with van der Waals surface area (Å²) in [6.45, 7) is 4.42. The Bertz CT molecular complexity index is 386. The Morgan fingerprint density at radius 1 is 1.43 bits per heavy atom. The van der Waals surface area contributed by atoms with E-state index in [4.69, 9.17) is 0 Å². The normalized spacial score (nSPS) is 9.64. The molecule has 4 heteroatoms. The highest BCUT2D eigenvalue weighted by Crippen LogP contribution is 2.23. The number of benzene rings is 1. The summed E-state index contributed by atoms with van der Waals surface area (Å²) in [6, 6.07) is 2.46. The van der Waals surface area contributed by atoms with Crippen LogP contribution < -0.4 is 4.74 Å². The van der Waals surface area contributed by atoms with E-state index < -0.39 is 23.4 Å². The van der Waals surface area contributed by atoms with Crippen LogP contribution in [0.5, 0.6) is 5.75 Å². The third-order valence-corrected chi connectivity index (χ3v) is 1.55. The van der Waals surface area contributed by atoms with Crippen molar-refractivity contribution in [2.75, 3.05) is 0 Å². The molecule has 0 aliphatic rings. The zero-order valence-corrected chi connectivity index (χ0v) is 7.51. The topological polar surface area (TPSA) is 26.3 Å². The standard InChI is InChI=1S/C10H8F2O2/c1-3-7-4-5-8(14-6(2)13)10(12)9(7)11/h3-5H,1H2,2H3. The molecule has 0 spiro atoms. The summed E-state index contributed by atoms with van der Waals surface area (Å²) in [5, 5.41) is 0. The van der Waals surface area contributed by atoms with Crippen LogP contribution in [0.1, 0.15) is 12.5 Å². The van der Waals surface area contributed by atoms with Gasteiger partial charge in [-0.2, -0.15) is 4.39 Å². The molecule has 0 unspecified atom stereocenters. The summed E-state index contributed by atoms with van der Waals surface area (Å²) < 4.78 is 30.6. The van der Waals surface area contributed by atoms with Crippen LogP contribution in [0.25, 0.3) is 6.08 Å². The molecule has 0 N–H and O–H groups in total. The van der Waals surface area contributed by atoms with Crippen LogP contribution in [0.15, 0.2) is 18.7 Å². The molecule has 0 bridgehead atoms. The minimum Gasteiger partial charge on any atom is -0.423 e. The number of hydrogen-bond donors (Lipinski definition) is 0. The first kappa shape index (κ1) is 10.4. The molecule has 0 aromatic heterocycles. The van der Waals surface area contributed by atoms with Crippen LogP contribution in [0.3, 0.4) is 0 Å². The molecular formula is C10H8F2O2. The summed E-state index contributed by atoms with van der Waals surface area (Å²) in [4.78, 5) is 10.5. The molecule has 2 nitrogen and oxygen atoms in total. The highest BCUT2D eigenvalue weighted by molar-refractivity contribution is 5.69. The van der Waals surface area contributed by atoms with Gasteiger partial charge in [0.15, 0.2) is 11.6 Å². The summed E-state index contributed by atoms with van der Waals surface area (Å²) >= 11 is 0. The van der Waals surface area contributed by atoms with Gasteiger partial charge in [-0.15, -0.1) is 0 Å². The lowest BCUT2D eigenvalue weighted by atomic mass is 10.2. The highest BCUT2D eigenvalue weighted by atomic mass is 19.2. The van der Waals surface area contributed by atoms with Crippen molar-refractivity contribution in [2.45, 2.75) is 6.92 Å². The number of carbonyl (C=O) groups excluding carboxylic acids is 1. The van der Waals surface area contributed by atoms with Crippen LogP contribution in [0.2, 0.25) is 0 Å². The largest absolute Gasteiger partial charge is 0.423 e. The van der Waals surface area contributed by atoms with Crippen molar-refractivity contribution in [1.29, 1.82) is 0 Å². The number of hydrogen-bond acceptors (Lipinski definition) is 2. The minimum absolute atomic E-state index is 0.0263. The Hall–Kier alpha value is -1.71. The van der Waals surface area contributed by atoms with E-state index in [1.807, 2.05) is 0 Å². The lowest BCUT2D eigenvalue weighted by molar-refractivity contribution is -0.132. The van der Waals surface area contributed by atoms with Gasteiger partial charge in [0.05, 0.1) is 0 Å². The van der Waals surface area contributed by atoms with E-state index in [9.17, 15) is 13.6 Å². The van der Waals surface area contributed by atoms with Crippen molar-refractivity contribution in [2.24, 2.45) is 0 Å². The molecule has 0 aliphatic heterocycles. The number of halogens is 2. The fraction of sp³-hybridized carbons (Fsp3) is 0.100. The van der Waals surface area contributed by atoms with Crippen molar-refractivity contribution >= 4 is 12.0 Å². The Morgan fingerprint density at radius 2 is 2.07 bits per heavy atom. The quantitative estimate of drug-likeness (QED) is 0.539. The maximum Gasteiger partial charge on any atom is 0.308 e. The van der Waals surface area contributed by atoms with E-state index in [0.29, 0.717) is 0 Å². The van der Waals surface area contributed by atoms with E-state index in [0.717, 1.165) is 6.92 Å². The average Bonchev–Trinajstić information content (AvgIpc) is 2.13. The monoisotopic (exact) mass is 198 g/mol. The first-order valence-electron chi connectivity index (χ1n) is 3.85. The van der Waals surface area contributed by atoms with Gasteiger partial charge in [-0.3, -0.25) is 4.79 Å². The van der Waals surface area contributed by atoms with Gasteiger partial charge in [0, 0.05) is 12.5 Å². The zero-order chi connectivity index (χ0) is 10.7. The Morgan fingerprint density at radius 3 is 2.57 bits per heavy atom. The molecule has 1 aromatic rings. The van der Waals surface area contributed by atoms with Gasteiger partial charge in [0.25, 0.3) is 0 Å². The summed E-state index contributed by atoms with van der Waals surface area (Å²) in [5.74, 6) is -3.37. The van der Waals surface area contributed by atoms with Crippen molar-refractivity contribution in [3.05, 3.63) is 35.9 Å². The Balaban J connectivity index is 3.16. The predicted octanol–water partition coefficient (Wildman–Crippen LogP) is 2.53. The van der Waals surface area contributed by atoms with Gasteiger partial charge in [0.2, 0.25) is 5.82 Å². The van der Waals surface area contributed by atoms with Gasteiger partial charge in [-0.25, -0.2) is 4.39 Å². The zero-order valence-electron chi connectivity index (χ0n) is 7.51. The number of ether oxygens (including phenoxy) is 1. The number of esters is 1. The molecule has 14 heavy (non-hydrogen) atoms. The third kappa shape index (κ3) is 1.96. The highest BCUT2D eigenvalue weighted by Gasteiger charge is 2.13. The molecule has 0 fully saturated rings. The maximum absolute atomic E-state index is 13.1. The summed E-state index contributed by atoms with van der Waals surface area (Å²) in [5.41, 5.74) is 0.0263. The van der Waals surface area contributed by atoms with E-state index >= 15 is 0 Å². The van der Waals surface area contributed by atoms with E-state index in [2.05, 4.69) is 11.3 Å². The fourth-order valence-electron chi connectivity index (χ4n) is 0.938. The fourth-order valence-corrected chi connectivity index (χ4v) is 0.938. The summed E-state index contributed by atoms with van der Waals surface area (Å²) in [6.07, 6.45) is 1.18. The van der Waals surface area contributed by atoms with E-state index in [1.54, 1.807) is 0 Å². The molecule has 0 atom stereocenters. The van der Waals surface area contributed by atoms with Crippen LogP contribution >= 0.6 is 0 Å². The van der Waals surface area contributed by atoms with Crippen molar-refractivity contribution in [3.63, 3.8) is 0 Å². The number of rotatable bonds is 2. The molecule has 0 saturated heterocycles. The van der Waals surface area contributed by atoms with Crippen molar-refractivity contribution in [1.82, 2.24) is 0 Å². The molecular weight excluding hydrogens is 190 g/mol. The van der Waals surface area contributed by atoms with Gasteiger partial charge >= 0.3 is 5.97 Å². The van der Waals surface area contributed by atoms with Gasteiger partial charge in [-0.1, -0.05) is 12.7 Å². The van der Waals surface area contributed by atoms with Gasteiger partial charge in [0.1, 0.15) is 0 Å². The second kappa shape index (κ2) is 4.00. The van der Waals surface area contributed by atoms with Crippen LogP contribution in [0, 0.1) is 11.6 Å². The first-order valence-corrected chi connectivity index (χ1v) is 3.85. The second-order valence-corrected chi connectivity index (χ2v) is 2.58. The van der Waals surface area contributed by atoms with Crippen LogP contribution in [-0.4, -0.2) is 5.97 Å². The van der Waals surface area contributed by atoms with Crippen molar-refractivity contribution in [3.8, 4) is 5.75 Å². The third-order valence-electron chi connectivity index (χ3n) is 1.55. The Labute approximate surface area is 79.8 Å². The molecule has 1 rings (SSSR count). The van der Waals surface area contributed by atoms with E-state index in [-0.39, 0.29) is 5.56 Å². The smallest absolute Gasteiger partial charge is 0.308 e. The van der Waals surface area contributed by atoms with E-state index in [1.165, 1.54) is 18.2 Å². The van der Waals surface area contributed by atoms with Crippen LogP contribution in [-0.2, 0) is 4.79 Å². The van der Waals surface area contributed by atoms with Gasteiger partial charge < -0.3 is 4.74 Å². The SMILES string of the molecule is C=Cc1ccc(OC(C)=O)c(F)c1F. The molecule has 0 heterocycles. The summed E-state index contributed by atoms with van der Waals surface area (Å²) in [7, 11) is 0. The molecule has 0 aliphatic carbocycles. The molecule has 0 amide bonds. The molecule has 1 aromatic carbocycles. The number of carbonyl (C=O) groups is 1. The second-order valence-electron chi connectivity index (χ2n) is 2.58. The maximum atomic E-state index is 13.1. The molecule has 74 valence electrons.